The lowest BCUT2D eigenvalue weighted by Gasteiger charge is -2.20. The molecule has 2 unspecified atom stereocenters. The largest absolute Gasteiger partial charge is 0.336 e. The molecule has 2 aromatic carbocycles. The zero-order valence-electron chi connectivity index (χ0n) is 14.8. The van der Waals surface area contributed by atoms with Gasteiger partial charge in [-0.15, -0.1) is 0 Å². The van der Waals surface area contributed by atoms with E-state index in [1.807, 2.05) is 13.8 Å². The number of hydrogen-bond donors (Lipinski definition) is 2. The summed E-state index contributed by atoms with van der Waals surface area (Å²) in [6.07, 6.45) is 0.767. The highest BCUT2D eigenvalue weighted by Gasteiger charge is 2.29. The molecular weight excluding hydrogens is 355 g/mol. The Balaban J connectivity index is 2.27. The van der Waals surface area contributed by atoms with Gasteiger partial charge >= 0.3 is 6.03 Å². The Labute approximate surface area is 153 Å². The van der Waals surface area contributed by atoms with E-state index in [0.29, 0.717) is 5.56 Å². The summed E-state index contributed by atoms with van der Waals surface area (Å²) in [7, 11) is -3.81. The molecule has 2 aromatic rings. The molecule has 5 nitrogen and oxygen atoms in total. The maximum absolute atomic E-state index is 13.1. The molecule has 0 bridgehead atoms. The van der Waals surface area contributed by atoms with Gasteiger partial charge in [0.2, 0.25) is 0 Å². The predicted molar refractivity (Wildman–Crippen MR) is 99.1 cm³/mol. The lowest BCUT2D eigenvalue weighted by Crippen LogP contribution is -2.42. The van der Waals surface area contributed by atoms with Crippen molar-refractivity contribution in [1.82, 2.24) is 10.6 Å². The summed E-state index contributed by atoms with van der Waals surface area (Å²) in [6.45, 7) is 3.71. The van der Waals surface area contributed by atoms with E-state index in [1.54, 1.807) is 30.3 Å². The zero-order valence-corrected chi connectivity index (χ0v) is 15.6. The Bertz CT molecular complexity index is 824. The van der Waals surface area contributed by atoms with Crippen molar-refractivity contribution in [2.75, 3.05) is 6.54 Å². The van der Waals surface area contributed by atoms with Crippen LogP contribution < -0.4 is 10.6 Å². The van der Waals surface area contributed by atoms with E-state index >= 15 is 0 Å². The maximum Gasteiger partial charge on any atom is 0.315 e. The SMILES string of the molecule is CCC(C)NC(=O)NCC(c1ccccc1)S(=O)(=O)c1ccc(F)cc1. The first-order valence-electron chi connectivity index (χ1n) is 8.43. The van der Waals surface area contributed by atoms with Gasteiger partial charge in [-0.3, -0.25) is 0 Å². The predicted octanol–water partition coefficient (Wildman–Crippen LogP) is 3.44. The normalized spacial score (nSPS) is 13.7. The Morgan fingerprint density at radius 1 is 1.08 bits per heavy atom. The number of sulfone groups is 1. The lowest BCUT2D eigenvalue weighted by molar-refractivity contribution is 0.237. The van der Waals surface area contributed by atoms with Gasteiger partial charge in [0, 0.05) is 12.6 Å². The van der Waals surface area contributed by atoms with Crippen molar-refractivity contribution >= 4 is 15.9 Å². The molecule has 0 fully saturated rings. The minimum Gasteiger partial charge on any atom is -0.336 e. The smallest absolute Gasteiger partial charge is 0.315 e. The number of benzene rings is 2. The third-order valence-corrected chi connectivity index (χ3v) is 6.24. The quantitative estimate of drug-likeness (QED) is 0.725. The molecule has 2 atom stereocenters. The third kappa shape index (κ3) is 5.05. The summed E-state index contributed by atoms with van der Waals surface area (Å²) in [6, 6.07) is 12.9. The molecule has 0 aliphatic heterocycles. The van der Waals surface area contributed by atoms with E-state index in [4.69, 9.17) is 0 Å². The van der Waals surface area contributed by atoms with Gasteiger partial charge in [0.1, 0.15) is 11.1 Å². The Kier molecular flexibility index (Phi) is 6.74. The van der Waals surface area contributed by atoms with Crippen molar-refractivity contribution in [3.8, 4) is 0 Å². The molecule has 2 amide bonds. The molecule has 2 rings (SSSR count). The molecule has 0 heterocycles. The van der Waals surface area contributed by atoms with E-state index < -0.39 is 26.9 Å². The fraction of sp³-hybridized carbons (Fsp3) is 0.316. The molecule has 26 heavy (non-hydrogen) atoms. The van der Waals surface area contributed by atoms with Crippen LogP contribution in [0, 0.1) is 5.82 Å². The second-order valence-electron chi connectivity index (χ2n) is 6.06. The summed E-state index contributed by atoms with van der Waals surface area (Å²) >= 11 is 0. The lowest BCUT2D eigenvalue weighted by atomic mass is 10.1. The molecule has 0 aliphatic carbocycles. The van der Waals surface area contributed by atoms with Gasteiger partial charge in [-0.25, -0.2) is 17.6 Å². The van der Waals surface area contributed by atoms with E-state index in [9.17, 15) is 17.6 Å². The van der Waals surface area contributed by atoms with Crippen LogP contribution in [0.15, 0.2) is 59.5 Å². The van der Waals surface area contributed by atoms with Crippen molar-refractivity contribution in [2.45, 2.75) is 36.5 Å². The van der Waals surface area contributed by atoms with Gasteiger partial charge in [0.25, 0.3) is 0 Å². The Hall–Kier alpha value is -2.41. The fourth-order valence-corrected chi connectivity index (χ4v) is 4.09. The molecule has 0 spiro atoms. The van der Waals surface area contributed by atoms with Gasteiger partial charge in [-0.1, -0.05) is 37.3 Å². The number of urea groups is 1. The fourth-order valence-electron chi connectivity index (χ4n) is 2.43. The van der Waals surface area contributed by atoms with Crippen LogP contribution in [0.1, 0.15) is 31.1 Å². The number of carbonyl (C=O) groups excluding carboxylic acids is 1. The number of carbonyl (C=O) groups is 1. The van der Waals surface area contributed by atoms with Crippen LogP contribution in [-0.2, 0) is 9.84 Å². The molecular formula is C19H23FN2O3S. The van der Waals surface area contributed by atoms with Crippen LogP contribution >= 0.6 is 0 Å². The minimum absolute atomic E-state index is 0.0110. The number of rotatable bonds is 7. The summed E-state index contributed by atoms with van der Waals surface area (Å²) in [5, 5.41) is 4.40. The van der Waals surface area contributed by atoms with E-state index in [0.717, 1.165) is 18.6 Å². The van der Waals surface area contributed by atoms with Crippen LogP contribution in [0.3, 0.4) is 0 Å². The maximum atomic E-state index is 13.1. The second kappa shape index (κ2) is 8.80. The van der Waals surface area contributed by atoms with Crippen LogP contribution in [0.4, 0.5) is 9.18 Å². The van der Waals surface area contributed by atoms with Crippen molar-refractivity contribution in [3.63, 3.8) is 0 Å². The van der Waals surface area contributed by atoms with E-state index in [2.05, 4.69) is 10.6 Å². The molecule has 7 heteroatoms. The molecule has 0 radical (unpaired) electrons. The second-order valence-corrected chi connectivity index (χ2v) is 8.19. The van der Waals surface area contributed by atoms with Crippen molar-refractivity contribution in [1.29, 1.82) is 0 Å². The minimum atomic E-state index is -3.81. The first kappa shape index (κ1) is 19.9. The molecule has 0 saturated heterocycles. The average Bonchev–Trinajstić information content (AvgIpc) is 2.62. The number of amides is 2. The van der Waals surface area contributed by atoms with Crippen molar-refractivity contribution in [3.05, 3.63) is 66.0 Å². The van der Waals surface area contributed by atoms with Crippen LogP contribution in [0.5, 0.6) is 0 Å². The van der Waals surface area contributed by atoms with Crippen LogP contribution in [0.25, 0.3) is 0 Å². The molecule has 0 saturated carbocycles. The van der Waals surface area contributed by atoms with Gasteiger partial charge < -0.3 is 10.6 Å². The summed E-state index contributed by atoms with van der Waals surface area (Å²) in [5.41, 5.74) is 0.556. The monoisotopic (exact) mass is 378 g/mol. The van der Waals surface area contributed by atoms with Crippen LogP contribution in [0.2, 0.25) is 0 Å². The van der Waals surface area contributed by atoms with Crippen molar-refractivity contribution < 1.29 is 17.6 Å². The number of hydrogen-bond acceptors (Lipinski definition) is 3. The van der Waals surface area contributed by atoms with Crippen LogP contribution in [-0.4, -0.2) is 27.0 Å². The molecule has 0 aromatic heterocycles. The highest BCUT2D eigenvalue weighted by atomic mass is 32.2. The topological polar surface area (TPSA) is 75.3 Å². The standard InChI is InChI=1S/C19H23FN2O3S/c1-3-14(2)22-19(23)21-13-18(15-7-5-4-6-8-15)26(24,25)17-11-9-16(20)10-12-17/h4-12,14,18H,3,13H2,1-2H3,(H2,21,22,23). The van der Waals surface area contributed by atoms with E-state index in [1.165, 1.54) is 12.1 Å². The molecule has 0 aliphatic rings. The summed E-state index contributed by atoms with van der Waals surface area (Å²) < 4.78 is 39.2. The van der Waals surface area contributed by atoms with Gasteiger partial charge in [0.05, 0.1) is 4.90 Å². The van der Waals surface area contributed by atoms with Crippen molar-refractivity contribution in [2.24, 2.45) is 0 Å². The first-order chi connectivity index (χ1) is 12.3. The highest BCUT2D eigenvalue weighted by Crippen LogP contribution is 2.28. The Morgan fingerprint density at radius 3 is 2.27 bits per heavy atom. The summed E-state index contributed by atoms with van der Waals surface area (Å²) in [4.78, 5) is 12.0. The van der Waals surface area contributed by atoms with Gasteiger partial charge in [-0.05, 0) is 43.2 Å². The summed E-state index contributed by atoms with van der Waals surface area (Å²) in [5.74, 6) is -0.508. The molecule has 2 N–H and O–H groups in total. The van der Waals surface area contributed by atoms with Gasteiger partial charge in [0.15, 0.2) is 9.84 Å². The molecule has 140 valence electrons. The third-order valence-electron chi connectivity index (χ3n) is 4.13. The average molecular weight is 378 g/mol. The van der Waals surface area contributed by atoms with Gasteiger partial charge in [-0.2, -0.15) is 0 Å². The van der Waals surface area contributed by atoms with E-state index in [-0.39, 0.29) is 17.5 Å². The Morgan fingerprint density at radius 2 is 1.69 bits per heavy atom. The highest BCUT2D eigenvalue weighted by molar-refractivity contribution is 7.91. The number of nitrogens with one attached hydrogen (secondary N) is 2. The first-order valence-corrected chi connectivity index (χ1v) is 9.98. The zero-order chi connectivity index (χ0) is 19.2. The number of halogens is 1.